The molecule has 2 aromatic rings. The summed E-state index contributed by atoms with van der Waals surface area (Å²) < 4.78 is 15.1. The number of β-lactam (4-membered cyclic amide) rings is 1. The second-order valence-electron chi connectivity index (χ2n) is 5.99. The molecule has 1 saturated heterocycles. The molecular weight excluding hydrogens is 350 g/mol. The van der Waals surface area contributed by atoms with Gasteiger partial charge in [-0.05, 0) is 42.0 Å². The van der Waals surface area contributed by atoms with Crippen LogP contribution in [0.5, 0.6) is 5.75 Å². The van der Waals surface area contributed by atoms with Gasteiger partial charge < -0.3 is 14.2 Å². The molecule has 2 atom stereocenters. The van der Waals surface area contributed by atoms with Crippen molar-refractivity contribution < 1.29 is 28.6 Å². The molecule has 7 heteroatoms. The molecule has 2 unspecified atom stereocenters. The molecule has 0 aliphatic carbocycles. The summed E-state index contributed by atoms with van der Waals surface area (Å²) in [5.41, 5.74) is 1.79. The lowest BCUT2D eigenvalue weighted by Gasteiger charge is -2.46. The lowest BCUT2D eigenvalue weighted by Crippen LogP contribution is -2.60. The van der Waals surface area contributed by atoms with Crippen LogP contribution in [-0.2, 0) is 19.1 Å². The van der Waals surface area contributed by atoms with E-state index in [-0.39, 0.29) is 5.91 Å². The number of nitrogens with zero attached hydrogens (tertiary/aromatic N) is 1. The van der Waals surface area contributed by atoms with Crippen LogP contribution in [0.4, 0.5) is 5.69 Å². The maximum absolute atomic E-state index is 12.6. The van der Waals surface area contributed by atoms with Crippen LogP contribution in [-0.4, -0.2) is 38.2 Å². The highest BCUT2D eigenvalue weighted by atomic mass is 16.6. The van der Waals surface area contributed by atoms with E-state index >= 15 is 0 Å². The molecule has 1 aliphatic heterocycles. The summed E-state index contributed by atoms with van der Waals surface area (Å²) in [6, 6.07) is 13.2. The third-order valence-corrected chi connectivity index (χ3v) is 4.36. The SMILES string of the molecule is COC(=O)c1ccc(C2C(OC(C)=O)C(=O)N2c2ccc(OC)cc2)cc1. The lowest BCUT2D eigenvalue weighted by atomic mass is 9.89. The molecule has 7 nitrogen and oxygen atoms in total. The fourth-order valence-electron chi connectivity index (χ4n) is 3.04. The van der Waals surface area contributed by atoms with Crippen LogP contribution < -0.4 is 9.64 Å². The molecule has 2 aromatic carbocycles. The van der Waals surface area contributed by atoms with E-state index in [1.54, 1.807) is 60.5 Å². The van der Waals surface area contributed by atoms with Crippen molar-refractivity contribution >= 4 is 23.5 Å². The molecule has 0 bridgehead atoms. The van der Waals surface area contributed by atoms with E-state index in [1.807, 2.05) is 0 Å². The second kappa shape index (κ2) is 7.49. The second-order valence-corrected chi connectivity index (χ2v) is 5.99. The fourth-order valence-corrected chi connectivity index (χ4v) is 3.04. The van der Waals surface area contributed by atoms with Crippen molar-refractivity contribution in [3.8, 4) is 5.75 Å². The highest BCUT2D eigenvalue weighted by Gasteiger charge is 2.51. The number of rotatable bonds is 5. The summed E-state index contributed by atoms with van der Waals surface area (Å²) in [7, 11) is 2.87. The Morgan fingerprint density at radius 3 is 2.11 bits per heavy atom. The topological polar surface area (TPSA) is 82.1 Å². The highest BCUT2D eigenvalue weighted by molar-refractivity contribution is 6.06. The van der Waals surface area contributed by atoms with Crippen LogP contribution in [0.15, 0.2) is 48.5 Å². The largest absolute Gasteiger partial charge is 0.497 e. The molecule has 0 N–H and O–H groups in total. The van der Waals surface area contributed by atoms with Crippen molar-refractivity contribution in [3.05, 3.63) is 59.7 Å². The molecule has 0 aromatic heterocycles. The van der Waals surface area contributed by atoms with E-state index in [0.29, 0.717) is 17.0 Å². The van der Waals surface area contributed by atoms with Crippen LogP contribution in [0, 0.1) is 0 Å². The van der Waals surface area contributed by atoms with Crippen LogP contribution in [0.2, 0.25) is 0 Å². The number of carbonyl (C=O) groups excluding carboxylic acids is 3. The molecular formula is C20H19NO6. The van der Waals surface area contributed by atoms with Gasteiger partial charge in [0.2, 0.25) is 6.10 Å². The van der Waals surface area contributed by atoms with E-state index in [9.17, 15) is 14.4 Å². The first kappa shape index (κ1) is 18.4. The Bertz CT molecular complexity index is 859. The number of benzene rings is 2. The first-order valence-corrected chi connectivity index (χ1v) is 8.29. The summed E-state index contributed by atoms with van der Waals surface area (Å²) in [4.78, 5) is 37.2. The molecule has 1 heterocycles. The molecule has 1 aliphatic rings. The van der Waals surface area contributed by atoms with Crippen LogP contribution in [0.3, 0.4) is 0 Å². The Kier molecular flexibility index (Phi) is 5.12. The quantitative estimate of drug-likeness (QED) is 0.595. The van der Waals surface area contributed by atoms with E-state index in [1.165, 1.54) is 14.0 Å². The maximum atomic E-state index is 12.6. The molecule has 3 rings (SSSR count). The summed E-state index contributed by atoms with van der Waals surface area (Å²) in [6.45, 7) is 1.26. The monoisotopic (exact) mass is 369 g/mol. The molecule has 0 radical (unpaired) electrons. The lowest BCUT2D eigenvalue weighted by molar-refractivity contribution is -0.160. The van der Waals surface area contributed by atoms with Crippen molar-refractivity contribution in [1.82, 2.24) is 0 Å². The van der Waals surface area contributed by atoms with Gasteiger partial charge >= 0.3 is 11.9 Å². The molecule has 0 saturated carbocycles. The normalized spacial score (nSPS) is 18.5. The molecule has 1 amide bonds. The Balaban J connectivity index is 1.93. The number of hydrogen-bond acceptors (Lipinski definition) is 6. The van der Waals surface area contributed by atoms with Crippen molar-refractivity contribution in [3.63, 3.8) is 0 Å². The fraction of sp³-hybridized carbons (Fsp3) is 0.250. The van der Waals surface area contributed by atoms with Crippen LogP contribution in [0.1, 0.15) is 28.9 Å². The van der Waals surface area contributed by atoms with Gasteiger partial charge in [0, 0.05) is 12.6 Å². The summed E-state index contributed by atoms with van der Waals surface area (Å²) in [5, 5.41) is 0. The standard InChI is InChI=1S/C20H19NO6/c1-12(22)27-18-17(13-4-6-14(7-5-13)20(24)26-3)21(19(18)23)15-8-10-16(25-2)11-9-15/h4-11,17-18H,1-3H3. The predicted molar refractivity (Wildman–Crippen MR) is 96.6 cm³/mol. The summed E-state index contributed by atoms with van der Waals surface area (Å²) in [5.74, 6) is -0.617. The Morgan fingerprint density at radius 2 is 1.59 bits per heavy atom. The minimum atomic E-state index is -0.909. The number of esters is 2. The van der Waals surface area contributed by atoms with Crippen LogP contribution >= 0.6 is 0 Å². The summed E-state index contributed by atoms with van der Waals surface area (Å²) >= 11 is 0. The predicted octanol–water partition coefficient (Wildman–Crippen LogP) is 2.50. The van der Waals surface area contributed by atoms with Crippen LogP contribution in [0.25, 0.3) is 0 Å². The maximum Gasteiger partial charge on any atom is 0.337 e. The smallest absolute Gasteiger partial charge is 0.337 e. The summed E-state index contributed by atoms with van der Waals surface area (Å²) in [6.07, 6.45) is -0.909. The van der Waals surface area contributed by atoms with Crippen molar-refractivity contribution in [2.45, 2.75) is 19.1 Å². The zero-order valence-electron chi connectivity index (χ0n) is 15.2. The molecule has 27 heavy (non-hydrogen) atoms. The van der Waals surface area contributed by atoms with E-state index in [4.69, 9.17) is 14.2 Å². The molecule has 0 spiro atoms. The average molecular weight is 369 g/mol. The van der Waals surface area contributed by atoms with Gasteiger partial charge in [0.15, 0.2) is 0 Å². The highest BCUT2D eigenvalue weighted by Crippen LogP contribution is 2.41. The van der Waals surface area contributed by atoms with Gasteiger partial charge in [-0.3, -0.25) is 14.5 Å². The molecule has 1 fully saturated rings. The Hall–Kier alpha value is -3.35. The third-order valence-electron chi connectivity index (χ3n) is 4.36. The van der Waals surface area contributed by atoms with Gasteiger partial charge in [-0.25, -0.2) is 4.79 Å². The van der Waals surface area contributed by atoms with E-state index in [0.717, 1.165) is 5.56 Å². The first-order valence-electron chi connectivity index (χ1n) is 8.29. The van der Waals surface area contributed by atoms with Gasteiger partial charge in [0.1, 0.15) is 11.8 Å². The minimum Gasteiger partial charge on any atom is -0.497 e. The van der Waals surface area contributed by atoms with Gasteiger partial charge in [-0.15, -0.1) is 0 Å². The Morgan fingerprint density at radius 1 is 0.963 bits per heavy atom. The zero-order chi connectivity index (χ0) is 19.6. The number of ether oxygens (including phenoxy) is 3. The zero-order valence-corrected chi connectivity index (χ0v) is 15.2. The number of methoxy groups -OCH3 is 2. The third kappa shape index (κ3) is 3.48. The number of hydrogen-bond donors (Lipinski definition) is 0. The first-order chi connectivity index (χ1) is 13.0. The van der Waals surface area contributed by atoms with Gasteiger partial charge in [0.25, 0.3) is 5.91 Å². The van der Waals surface area contributed by atoms with Crippen molar-refractivity contribution in [1.29, 1.82) is 0 Å². The number of anilines is 1. The Labute approximate surface area is 156 Å². The molecule has 140 valence electrons. The number of amides is 1. The van der Waals surface area contributed by atoms with Gasteiger partial charge in [-0.1, -0.05) is 12.1 Å². The van der Waals surface area contributed by atoms with Gasteiger partial charge in [-0.2, -0.15) is 0 Å². The number of carbonyl (C=O) groups is 3. The average Bonchev–Trinajstić information content (AvgIpc) is 2.69. The van der Waals surface area contributed by atoms with Crippen molar-refractivity contribution in [2.75, 3.05) is 19.1 Å². The van der Waals surface area contributed by atoms with E-state index < -0.39 is 24.1 Å². The van der Waals surface area contributed by atoms with E-state index in [2.05, 4.69) is 0 Å². The van der Waals surface area contributed by atoms with Crippen molar-refractivity contribution in [2.24, 2.45) is 0 Å². The van der Waals surface area contributed by atoms with Gasteiger partial charge in [0.05, 0.1) is 19.8 Å². The minimum absolute atomic E-state index is 0.308.